The number of benzene rings is 1. The molecule has 124 valence electrons. The molecular formula is C16H20N2O4S. The zero-order valence-corrected chi connectivity index (χ0v) is 14.4. The molecular weight excluding hydrogens is 316 g/mol. The molecule has 0 saturated heterocycles. The number of carbonyl (C=O) groups excluding carboxylic acids is 1. The van der Waals surface area contributed by atoms with Gasteiger partial charge in [-0.05, 0) is 17.7 Å². The van der Waals surface area contributed by atoms with E-state index >= 15 is 0 Å². The number of hydrogen-bond acceptors (Lipinski definition) is 5. The number of nitrogens with zero attached hydrogens (tertiary/aromatic N) is 1. The van der Waals surface area contributed by atoms with Crippen LogP contribution in [0.4, 0.5) is 5.82 Å². The highest BCUT2D eigenvalue weighted by Gasteiger charge is 2.20. The first-order valence-corrected chi connectivity index (χ1v) is 9.01. The van der Waals surface area contributed by atoms with E-state index < -0.39 is 9.84 Å². The summed E-state index contributed by atoms with van der Waals surface area (Å²) in [5.74, 6) is 0.809. The molecule has 0 aliphatic rings. The molecule has 0 radical (unpaired) electrons. The molecule has 0 unspecified atom stereocenters. The predicted octanol–water partition coefficient (Wildman–Crippen LogP) is 2.56. The highest BCUT2D eigenvalue weighted by Crippen LogP contribution is 2.24. The van der Waals surface area contributed by atoms with Gasteiger partial charge in [-0.1, -0.05) is 38.1 Å². The van der Waals surface area contributed by atoms with E-state index in [9.17, 15) is 13.2 Å². The molecule has 23 heavy (non-hydrogen) atoms. The highest BCUT2D eigenvalue weighted by molar-refractivity contribution is 7.90. The smallest absolute Gasteiger partial charge is 0.230 e. The maximum absolute atomic E-state index is 12.0. The van der Waals surface area contributed by atoms with E-state index in [1.54, 1.807) is 18.2 Å². The molecule has 0 aliphatic carbocycles. The Bertz CT molecular complexity index is 799. The van der Waals surface area contributed by atoms with E-state index in [0.717, 1.165) is 11.8 Å². The number of sulfone groups is 1. The Balaban J connectivity index is 2.01. The minimum atomic E-state index is -3.23. The first-order valence-electron chi connectivity index (χ1n) is 7.12. The number of carbonyl (C=O) groups is 1. The summed E-state index contributed by atoms with van der Waals surface area (Å²) in [6, 6.07) is 7.93. The van der Waals surface area contributed by atoms with Crippen LogP contribution >= 0.6 is 0 Å². The molecule has 1 aromatic heterocycles. The van der Waals surface area contributed by atoms with Crippen LogP contribution in [0.3, 0.4) is 0 Å². The summed E-state index contributed by atoms with van der Waals surface area (Å²) >= 11 is 0. The van der Waals surface area contributed by atoms with Gasteiger partial charge in [0, 0.05) is 17.7 Å². The van der Waals surface area contributed by atoms with Gasteiger partial charge < -0.3 is 9.84 Å². The predicted molar refractivity (Wildman–Crippen MR) is 87.1 cm³/mol. The monoisotopic (exact) mass is 336 g/mol. The number of aromatic nitrogens is 1. The van der Waals surface area contributed by atoms with Crippen molar-refractivity contribution in [2.45, 2.75) is 37.5 Å². The molecule has 0 fully saturated rings. The Morgan fingerprint density at radius 2 is 1.83 bits per heavy atom. The molecule has 1 heterocycles. The van der Waals surface area contributed by atoms with Crippen molar-refractivity contribution in [1.29, 1.82) is 0 Å². The fraction of sp³-hybridized carbons (Fsp3) is 0.375. The second-order valence-electron chi connectivity index (χ2n) is 6.47. The van der Waals surface area contributed by atoms with E-state index in [-0.39, 0.29) is 22.6 Å². The number of hydrogen-bond donors (Lipinski definition) is 1. The van der Waals surface area contributed by atoms with E-state index in [4.69, 9.17) is 4.52 Å². The second kappa shape index (κ2) is 6.16. The van der Waals surface area contributed by atoms with Crippen molar-refractivity contribution < 1.29 is 17.7 Å². The van der Waals surface area contributed by atoms with Crippen LogP contribution < -0.4 is 5.32 Å². The molecule has 0 spiro atoms. The van der Waals surface area contributed by atoms with Gasteiger partial charge in [-0.3, -0.25) is 4.79 Å². The summed E-state index contributed by atoms with van der Waals surface area (Å²) in [7, 11) is -3.23. The maximum Gasteiger partial charge on any atom is 0.230 e. The van der Waals surface area contributed by atoms with Crippen LogP contribution in [-0.4, -0.2) is 25.7 Å². The largest absolute Gasteiger partial charge is 0.359 e. The van der Waals surface area contributed by atoms with E-state index in [1.165, 1.54) is 12.1 Å². The Hall–Kier alpha value is -2.15. The van der Waals surface area contributed by atoms with E-state index in [2.05, 4.69) is 10.5 Å². The third-order valence-corrected chi connectivity index (χ3v) is 4.36. The van der Waals surface area contributed by atoms with E-state index in [0.29, 0.717) is 11.6 Å². The van der Waals surface area contributed by atoms with Crippen molar-refractivity contribution in [3.63, 3.8) is 0 Å². The molecule has 0 bridgehead atoms. The highest BCUT2D eigenvalue weighted by atomic mass is 32.2. The standard InChI is InChI=1S/C16H20N2O4S/c1-16(2,3)13-10-14(18-22-13)17-15(19)9-11-5-7-12(8-6-11)23(4,20)21/h5-8,10H,9H2,1-4H3,(H,17,18,19). The molecule has 1 aromatic carbocycles. The number of amides is 1. The van der Waals surface area contributed by atoms with Gasteiger partial charge in [0.15, 0.2) is 15.7 Å². The lowest BCUT2D eigenvalue weighted by molar-refractivity contribution is -0.115. The normalized spacial score (nSPS) is 12.2. The molecule has 0 atom stereocenters. The number of anilines is 1. The first kappa shape index (κ1) is 17.2. The Morgan fingerprint density at radius 3 is 2.30 bits per heavy atom. The second-order valence-corrected chi connectivity index (χ2v) is 8.48. The summed E-state index contributed by atoms with van der Waals surface area (Å²) in [6.07, 6.45) is 1.27. The summed E-state index contributed by atoms with van der Waals surface area (Å²) in [5.41, 5.74) is 0.534. The van der Waals surface area contributed by atoms with Gasteiger partial charge in [0.2, 0.25) is 5.91 Å². The molecule has 0 saturated carbocycles. The first-order chi connectivity index (χ1) is 10.6. The van der Waals surface area contributed by atoms with Crippen molar-refractivity contribution >= 4 is 21.6 Å². The van der Waals surface area contributed by atoms with E-state index in [1.807, 2.05) is 20.8 Å². The van der Waals surface area contributed by atoms with Crippen molar-refractivity contribution in [3.05, 3.63) is 41.7 Å². The van der Waals surface area contributed by atoms with Crippen LogP contribution in [0, 0.1) is 0 Å². The quantitative estimate of drug-likeness (QED) is 0.927. The average Bonchev–Trinajstić information content (AvgIpc) is 2.86. The van der Waals surface area contributed by atoms with Crippen molar-refractivity contribution in [3.8, 4) is 0 Å². The van der Waals surface area contributed by atoms with Gasteiger partial charge in [-0.25, -0.2) is 8.42 Å². The molecule has 6 nitrogen and oxygen atoms in total. The van der Waals surface area contributed by atoms with Crippen molar-refractivity contribution in [2.24, 2.45) is 0 Å². The summed E-state index contributed by atoms with van der Waals surface area (Å²) < 4.78 is 28.0. The molecule has 2 rings (SSSR count). The maximum atomic E-state index is 12.0. The summed E-state index contributed by atoms with van der Waals surface area (Å²) in [4.78, 5) is 12.2. The van der Waals surface area contributed by atoms with Gasteiger partial charge in [-0.2, -0.15) is 0 Å². The van der Waals surface area contributed by atoms with Crippen molar-refractivity contribution in [2.75, 3.05) is 11.6 Å². The van der Waals surface area contributed by atoms with Crippen LogP contribution in [-0.2, 0) is 26.5 Å². The summed E-state index contributed by atoms with van der Waals surface area (Å²) in [6.45, 7) is 5.97. The third-order valence-electron chi connectivity index (χ3n) is 3.23. The lowest BCUT2D eigenvalue weighted by Crippen LogP contribution is -2.15. The Kier molecular flexibility index (Phi) is 4.61. The SMILES string of the molecule is CC(C)(C)c1cc(NC(=O)Cc2ccc(S(C)(=O)=O)cc2)no1. The third kappa shape index (κ3) is 4.66. The zero-order chi connectivity index (χ0) is 17.3. The Morgan fingerprint density at radius 1 is 1.22 bits per heavy atom. The van der Waals surface area contributed by atoms with Crippen LogP contribution in [0.1, 0.15) is 32.1 Å². The molecule has 1 N–H and O–H groups in total. The molecule has 7 heteroatoms. The lowest BCUT2D eigenvalue weighted by Gasteiger charge is -2.12. The zero-order valence-electron chi connectivity index (χ0n) is 13.6. The molecule has 1 amide bonds. The van der Waals surface area contributed by atoms with Crippen LogP contribution in [0.5, 0.6) is 0 Å². The van der Waals surface area contributed by atoms with Gasteiger partial charge in [-0.15, -0.1) is 0 Å². The number of rotatable bonds is 4. The van der Waals surface area contributed by atoms with Gasteiger partial charge in [0.1, 0.15) is 5.76 Å². The summed E-state index contributed by atoms with van der Waals surface area (Å²) in [5, 5.41) is 6.49. The average molecular weight is 336 g/mol. The van der Waals surface area contributed by atoms with Gasteiger partial charge >= 0.3 is 0 Å². The van der Waals surface area contributed by atoms with Crippen LogP contribution in [0.15, 0.2) is 39.8 Å². The molecule has 0 aliphatic heterocycles. The fourth-order valence-electron chi connectivity index (χ4n) is 1.91. The minimum Gasteiger partial charge on any atom is -0.359 e. The Labute approximate surface area is 135 Å². The van der Waals surface area contributed by atoms with Crippen LogP contribution in [0.25, 0.3) is 0 Å². The van der Waals surface area contributed by atoms with Gasteiger partial charge in [0.05, 0.1) is 11.3 Å². The van der Waals surface area contributed by atoms with Gasteiger partial charge in [0.25, 0.3) is 0 Å². The number of nitrogens with one attached hydrogen (secondary N) is 1. The molecule has 2 aromatic rings. The van der Waals surface area contributed by atoms with Crippen LogP contribution in [0.2, 0.25) is 0 Å². The topological polar surface area (TPSA) is 89.3 Å². The minimum absolute atomic E-state index is 0.127. The fourth-order valence-corrected chi connectivity index (χ4v) is 2.54. The van der Waals surface area contributed by atoms with Crippen molar-refractivity contribution in [1.82, 2.24) is 5.16 Å². The lowest BCUT2D eigenvalue weighted by atomic mass is 9.93.